The molecule has 0 spiro atoms. The van der Waals surface area contributed by atoms with Gasteiger partial charge in [0.25, 0.3) is 0 Å². The van der Waals surface area contributed by atoms with E-state index in [4.69, 9.17) is 4.98 Å². The van der Waals surface area contributed by atoms with Crippen LogP contribution in [0.4, 0.5) is 22.7 Å². The second-order valence-corrected chi connectivity index (χ2v) is 11.6. The molecule has 42 heavy (non-hydrogen) atoms. The Morgan fingerprint density at radius 3 is 1.71 bits per heavy atom. The van der Waals surface area contributed by atoms with Gasteiger partial charge in [-0.3, -0.25) is 9.59 Å². The number of aromatic nitrogens is 1. The highest BCUT2D eigenvalue weighted by atomic mass is 16.2. The summed E-state index contributed by atoms with van der Waals surface area (Å²) in [5, 5.41) is 11.7. The number of benzene rings is 3. The van der Waals surface area contributed by atoms with Crippen LogP contribution in [-0.4, -0.2) is 65.9 Å². The fourth-order valence-corrected chi connectivity index (χ4v) is 6.08. The molecule has 2 aliphatic rings. The van der Waals surface area contributed by atoms with E-state index in [1.165, 1.54) is 31.2 Å². The summed E-state index contributed by atoms with van der Waals surface area (Å²) in [5.74, 6) is 0.0261. The van der Waals surface area contributed by atoms with Crippen molar-refractivity contribution < 1.29 is 9.59 Å². The highest BCUT2D eigenvalue weighted by molar-refractivity contribution is 6.10. The van der Waals surface area contributed by atoms with Gasteiger partial charge >= 0.3 is 0 Å². The zero-order valence-electron chi connectivity index (χ0n) is 24.4. The SMILES string of the molecule is Cc1cccc(Nc2c3ccc(NC(=O)CCN4CCCC4)cc3nc3cc(NC(=O)CCN4CCCC4)ccc23)c1. The molecule has 6 rings (SSSR count). The maximum Gasteiger partial charge on any atom is 0.225 e. The van der Waals surface area contributed by atoms with Crippen LogP contribution < -0.4 is 16.0 Å². The number of aryl methyl sites for hydroxylation is 1. The number of anilines is 4. The number of hydrogen-bond acceptors (Lipinski definition) is 6. The quantitative estimate of drug-likeness (QED) is 0.196. The van der Waals surface area contributed by atoms with E-state index in [0.29, 0.717) is 12.8 Å². The van der Waals surface area contributed by atoms with E-state index in [0.717, 1.165) is 83.8 Å². The van der Waals surface area contributed by atoms with E-state index >= 15 is 0 Å². The fourth-order valence-electron chi connectivity index (χ4n) is 6.08. The highest BCUT2D eigenvalue weighted by Crippen LogP contribution is 2.35. The zero-order valence-corrected chi connectivity index (χ0v) is 24.4. The van der Waals surface area contributed by atoms with Gasteiger partial charge in [-0.1, -0.05) is 12.1 Å². The molecule has 3 N–H and O–H groups in total. The number of nitrogens with zero attached hydrogens (tertiary/aromatic N) is 3. The van der Waals surface area contributed by atoms with Crippen molar-refractivity contribution in [2.75, 3.05) is 55.2 Å². The molecule has 218 valence electrons. The Morgan fingerprint density at radius 2 is 1.21 bits per heavy atom. The molecule has 2 saturated heterocycles. The van der Waals surface area contributed by atoms with Crippen molar-refractivity contribution in [3.05, 3.63) is 66.2 Å². The van der Waals surface area contributed by atoms with Crippen molar-refractivity contribution >= 4 is 56.4 Å². The molecule has 0 unspecified atom stereocenters. The van der Waals surface area contributed by atoms with Gasteiger partial charge in [0.1, 0.15) is 0 Å². The Balaban J connectivity index is 1.27. The number of hydrogen-bond donors (Lipinski definition) is 3. The van der Waals surface area contributed by atoms with E-state index < -0.39 is 0 Å². The lowest BCUT2D eigenvalue weighted by Gasteiger charge is -2.17. The molecule has 3 aromatic carbocycles. The first-order valence-electron chi connectivity index (χ1n) is 15.3. The molecule has 2 fully saturated rings. The maximum absolute atomic E-state index is 12.7. The van der Waals surface area contributed by atoms with E-state index in [1.54, 1.807) is 0 Å². The molecule has 8 nitrogen and oxygen atoms in total. The Bertz CT molecular complexity index is 1500. The topological polar surface area (TPSA) is 89.6 Å². The van der Waals surface area contributed by atoms with Crippen LogP contribution in [0.3, 0.4) is 0 Å². The van der Waals surface area contributed by atoms with Gasteiger partial charge in [0, 0.05) is 53.8 Å². The average Bonchev–Trinajstić information content (AvgIpc) is 3.70. The number of carbonyl (C=O) groups excluding carboxylic acids is 2. The molecule has 2 amide bonds. The molecule has 0 atom stereocenters. The molecular formula is C34H40N6O2. The average molecular weight is 565 g/mol. The minimum atomic E-state index is 0.0130. The van der Waals surface area contributed by atoms with E-state index in [9.17, 15) is 9.59 Å². The molecule has 0 aliphatic carbocycles. The predicted octanol–water partition coefficient (Wildman–Crippen LogP) is 6.29. The first kappa shape index (κ1) is 28.1. The lowest BCUT2D eigenvalue weighted by atomic mass is 10.1. The maximum atomic E-state index is 12.7. The standard InChI is InChI=1S/C34H40N6O2/c1-24-7-6-8-25(21-24)37-34-28-11-9-26(35-32(41)13-19-39-15-2-3-16-39)22-30(28)38-31-23-27(10-12-29(31)34)36-33(42)14-20-40-17-4-5-18-40/h6-12,21-23H,2-5,13-20H2,1H3,(H,35,41)(H,36,42)(H,37,38). The summed E-state index contributed by atoms with van der Waals surface area (Å²) in [5.41, 5.74) is 6.10. The molecule has 3 heterocycles. The smallest absolute Gasteiger partial charge is 0.225 e. The molecule has 0 saturated carbocycles. The normalized spacial score (nSPS) is 15.8. The Morgan fingerprint density at radius 1 is 0.690 bits per heavy atom. The van der Waals surface area contributed by atoms with Crippen molar-refractivity contribution in [2.45, 2.75) is 45.4 Å². The van der Waals surface area contributed by atoms with Crippen molar-refractivity contribution in [2.24, 2.45) is 0 Å². The number of likely N-dealkylation sites (tertiary alicyclic amines) is 2. The van der Waals surface area contributed by atoms with Gasteiger partial charge in [0.2, 0.25) is 11.8 Å². The van der Waals surface area contributed by atoms with Gasteiger partial charge in [-0.15, -0.1) is 0 Å². The Labute approximate surface area is 247 Å². The first-order valence-corrected chi connectivity index (χ1v) is 15.3. The minimum Gasteiger partial charge on any atom is -0.354 e. The minimum absolute atomic E-state index is 0.0130. The molecule has 2 aliphatic heterocycles. The summed E-state index contributed by atoms with van der Waals surface area (Å²) >= 11 is 0. The predicted molar refractivity (Wildman–Crippen MR) is 172 cm³/mol. The third-order valence-electron chi connectivity index (χ3n) is 8.34. The summed E-state index contributed by atoms with van der Waals surface area (Å²) in [6, 6.07) is 20.1. The largest absolute Gasteiger partial charge is 0.354 e. The van der Waals surface area contributed by atoms with Crippen molar-refractivity contribution in [1.82, 2.24) is 14.8 Å². The van der Waals surface area contributed by atoms with Crippen LogP contribution in [0, 0.1) is 6.92 Å². The zero-order chi connectivity index (χ0) is 28.9. The monoisotopic (exact) mass is 564 g/mol. The highest BCUT2D eigenvalue weighted by Gasteiger charge is 2.16. The van der Waals surface area contributed by atoms with Crippen LogP contribution in [0.25, 0.3) is 21.8 Å². The molecule has 0 radical (unpaired) electrons. The lowest BCUT2D eigenvalue weighted by Crippen LogP contribution is -2.25. The lowest BCUT2D eigenvalue weighted by molar-refractivity contribution is -0.117. The number of carbonyl (C=O) groups is 2. The van der Waals surface area contributed by atoms with E-state index in [2.05, 4.69) is 50.9 Å². The van der Waals surface area contributed by atoms with Gasteiger partial charge < -0.3 is 25.8 Å². The van der Waals surface area contributed by atoms with Crippen LogP contribution in [0.2, 0.25) is 0 Å². The fraction of sp³-hybridized carbons (Fsp3) is 0.382. The van der Waals surface area contributed by atoms with Crippen LogP contribution in [0.15, 0.2) is 60.7 Å². The third kappa shape index (κ3) is 6.89. The molecular weight excluding hydrogens is 524 g/mol. The van der Waals surface area contributed by atoms with Gasteiger partial charge in [-0.2, -0.15) is 0 Å². The second kappa shape index (κ2) is 12.9. The summed E-state index contributed by atoms with van der Waals surface area (Å²) in [7, 11) is 0. The van der Waals surface area contributed by atoms with Gasteiger partial charge in [0.05, 0.1) is 16.7 Å². The summed E-state index contributed by atoms with van der Waals surface area (Å²) in [6.07, 6.45) is 5.82. The number of nitrogens with one attached hydrogen (secondary N) is 3. The number of amides is 2. The van der Waals surface area contributed by atoms with Crippen LogP contribution in [0.5, 0.6) is 0 Å². The van der Waals surface area contributed by atoms with Crippen molar-refractivity contribution in [1.29, 1.82) is 0 Å². The van der Waals surface area contributed by atoms with Crippen LogP contribution in [-0.2, 0) is 9.59 Å². The van der Waals surface area contributed by atoms with Crippen LogP contribution in [0.1, 0.15) is 44.1 Å². The summed E-state index contributed by atoms with van der Waals surface area (Å²) < 4.78 is 0. The van der Waals surface area contributed by atoms with Crippen LogP contribution >= 0.6 is 0 Å². The van der Waals surface area contributed by atoms with Crippen molar-refractivity contribution in [3.8, 4) is 0 Å². The molecule has 0 bridgehead atoms. The van der Waals surface area contributed by atoms with Gasteiger partial charge in [-0.05, 0) is 113 Å². The first-order chi connectivity index (χ1) is 20.5. The Hall–Kier alpha value is -4.01. The molecule has 4 aromatic rings. The third-order valence-corrected chi connectivity index (χ3v) is 8.34. The van der Waals surface area contributed by atoms with E-state index in [-0.39, 0.29) is 11.8 Å². The number of rotatable bonds is 10. The summed E-state index contributed by atoms with van der Waals surface area (Å²) in [4.78, 5) is 35.1. The summed E-state index contributed by atoms with van der Waals surface area (Å²) in [6.45, 7) is 7.98. The molecule has 1 aromatic heterocycles. The van der Waals surface area contributed by atoms with Crippen molar-refractivity contribution in [3.63, 3.8) is 0 Å². The van der Waals surface area contributed by atoms with Gasteiger partial charge in [0.15, 0.2) is 0 Å². The van der Waals surface area contributed by atoms with E-state index in [1.807, 2.05) is 42.5 Å². The second-order valence-electron chi connectivity index (χ2n) is 11.6. The number of fused-ring (bicyclic) bond motifs is 2. The number of pyridine rings is 1. The molecule has 8 heteroatoms. The van der Waals surface area contributed by atoms with Gasteiger partial charge in [-0.25, -0.2) is 4.98 Å². The Kier molecular flexibility index (Phi) is 8.63.